The van der Waals surface area contributed by atoms with E-state index >= 15 is 0 Å². The van der Waals surface area contributed by atoms with Crippen LogP contribution in [-0.4, -0.2) is 27.9 Å². The van der Waals surface area contributed by atoms with E-state index in [4.69, 9.17) is 9.84 Å². The van der Waals surface area contributed by atoms with Gasteiger partial charge in [-0.2, -0.15) is 10.2 Å². The number of rotatable bonds is 6. The van der Waals surface area contributed by atoms with Crippen LogP contribution in [0.15, 0.2) is 54.6 Å². The van der Waals surface area contributed by atoms with Crippen molar-refractivity contribution < 1.29 is 19.0 Å². The second-order valence-corrected chi connectivity index (χ2v) is 9.40. The number of carboxylic acid groups (broad SMARTS) is 1. The molecule has 1 heterocycles. The second kappa shape index (κ2) is 7.48. The number of carboxylic acids is 1. The van der Waals surface area contributed by atoms with E-state index in [1.165, 1.54) is 6.07 Å². The number of nitrogens with zero attached hydrogens (tertiary/aromatic N) is 2. The molecule has 0 spiro atoms. The fourth-order valence-corrected chi connectivity index (χ4v) is 5.63. The van der Waals surface area contributed by atoms with Gasteiger partial charge in [-0.15, -0.1) is 0 Å². The van der Waals surface area contributed by atoms with Crippen molar-refractivity contribution >= 4 is 5.97 Å². The second-order valence-electron chi connectivity index (χ2n) is 9.40. The van der Waals surface area contributed by atoms with Gasteiger partial charge in [-0.05, 0) is 65.6 Å². The molecule has 5 nitrogen and oxygen atoms in total. The van der Waals surface area contributed by atoms with E-state index in [2.05, 4.69) is 24.0 Å². The number of hydrogen-bond acceptors (Lipinski definition) is 4. The number of carbonyl (C=O) groups is 1. The summed E-state index contributed by atoms with van der Waals surface area (Å²) < 4.78 is 20.5. The summed E-state index contributed by atoms with van der Waals surface area (Å²) in [5, 5.41) is 18.1. The van der Waals surface area contributed by atoms with Crippen LogP contribution in [0.2, 0.25) is 0 Å². The molecule has 164 valence electrons. The van der Waals surface area contributed by atoms with Crippen LogP contribution in [0.5, 0.6) is 0 Å². The Hall–Kier alpha value is -3.12. The molecule has 2 bridgehead atoms. The van der Waals surface area contributed by atoms with Gasteiger partial charge in [0, 0.05) is 11.0 Å². The lowest BCUT2D eigenvalue weighted by Gasteiger charge is -2.37. The number of halogens is 1. The predicted molar refractivity (Wildman–Crippen MR) is 118 cm³/mol. The molecule has 0 aliphatic heterocycles. The molecule has 1 fully saturated rings. The number of hydrogen-bond donors (Lipinski definition) is 1. The van der Waals surface area contributed by atoms with E-state index in [9.17, 15) is 9.18 Å². The first-order valence-corrected chi connectivity index (χ1v) is 10.9. The molecule has 0 saturated heterocycles. The summed E-state index contributed by atoms with van der Waals surface area (Å²) in [6.07, 6.45) is 2.02. The quantitative estimate of drug-likeness (QED) is 0.568. The SMILES string of the molecule is CC1(C)C2CCC1(COCc1ccc(C(=O)O)cc1)c1nnc(-c3ccccc3F)cc12. The zero-order valence-electron chi connectivity index (χ0n) is 18.1. The molecule has 1 aromatic heterocycles. The van der Waals surface area contributed by atoms with E-state index < -0.39 is 5.97 Å². The molecule has 2 unspecified atom stereocenters. The molecule has 1 N–H and O–H groups in total. The zero-order chi connectivity index (χ0) is 22.5. The van der Waals surface area contributed by atoms with E-state index in [1.54, 1.807) is 36.4 Å². The highest BCUT2D eigenvalue weighted by molar-refractivity contribution is 5.87. The molecule has 2 atom stereocenters. The third kappa shape index (κ3) is 3.05. The van der Waals surface area contributed by atoms with Crippen molar-refractivity contribution in [1.29, 1.82) is 0 Å². The van der Waals surface area contributed by atoms with Crippen LogP contribution in [0.25, 0.3) is 11.3 Å². The lowest BCUT2D eigenvalue weighted by atomic mass is 9.69. The molecular formula is C26H25FN2O3. The molecule has 2 aliphatic carbocycles. The van der Waals surface area contributed by atoms with Gasteiger partial charge in [0.05, 0.1) is 30.2 Å². The fourth-order valence-electron chi connectivity index (χ4n) is 5.63. The Morgan fingerprint density at radius 2 is 1.91 bits per heavy atom. The van der Waals surface area contributed by atoms with E-state index in [-0.39, 0.29) is 22.2 Å². The van der Waals surface area contributed by atoms with Crippen molar-refractivity contribution in [2.45, 2.75) is 44.6 Å². The minimum absolute atomic E-state index is 0.0506. The number of aromatic nitrogens is 2. The molecule has 6 heteroatoms. The summed E-state index contributed by atoms with van der Waals surface area (Å²) in [6, 6.07) is 15.4. The Kier molecular flexibility index (Phi) is 4.86. The highest BCUT2D eigenvalue weighted by Crippen LogP contribution is 2.67. The summed E-state index contributed by atoms with van der Waals surface area (Å²) in [4.78, 5) is 11.0. The van der Waals surface area contributed by atoms with Crippen LogP contribution in [0.3, 0.4) is 0 Å². The summed E-state index contributed by atoms with van der Waals surface area (Å²) >= 11 is 0. The first-order valence-electron chi connectivity index (χ1n) is 10.9. The smallest absolute Gasteiger partial charge is 0.335 e. The normalized spacial score (nSPS) is 22.7. The molecule has 1 saturated carbocycles. The average Bonchev–Trinajstić information content (AvgIpc) is 3.14. The number of fused-ring (bicyclic) bond motifs is 5. The Bertz CT molecular complexity index is 1190. The molecule has 2 aromatic carbocycles. The number of ether oxygens (including phenoxy) is 1. The number of benzene rings is 2. The van der Waals surface area contributed by atoms with Gasteiger partial charge in [0.15, 0.2) is 0 Å². The topological polar surface area (TPSA) is 72.3 Å². The lowest BCUT2D eigenvalue weighted by Crippen LogP contribution is -2.40. The first kappa shape index (κ1) is 20.8. The van der Waals surface area contributed by atoms with Crippen LogP contribution in [0.1, 0.15) is 59.8 Å². The van der Waals surface area contributed by atoms with Gasteiger partial charge in [-0.25, -0.2) is 9.18 Å². The fraction of sp³-hybridized carbons (Fsp3) is 0.346. The van der Waals surface area contributed by atoms with Crippen LogP contribution in [-0.2, 0) is 16.8 Å². The molecule has 0 radical (unpaired) electrons. The lowest BCUT2D eigenvalue weighted by molar-refractivity contribution is 0.0309. The number of aromatic carboxylic acids is 1. The Labute approximate surface area is 186 Å². The van der Waals surface area contributed by atoms with Crippen molar-refractivity contribution in [3.63, 3.8) is 0 Å². The predicted octanol–water partition coefficient (Wildman–Crippen LogP) is 5.35. The van der Waals surface area contributed by atoms with Crippen LogP contribution < -0.4 is 0 Å². The Morgan fingerprint density at radius 3 is 2.62 bits per heavy atom. The van der Waals surface area contributed by atoms with E-state index in [0.717, 1.165) is 29.7 Å². The maximum absolute atomic E-state index is 14.3. The molecular weight excluding hydrogens is 407 g/mol. The minimum Gasteiger partial charge on any atom is -0.478 e. The van der Waals surface area contributed by atoms with Crippen molar-refractivity contribution in [3.05, 3.63) is 82.8 Å². The maximum Gasteiger partial charge on any atom is 0.335 e. The van der Waals surface area contributed by atoms with Crippen LogP contribution in [0, 0.1) is 11.2 Å². The summed E-state index contributed by atoms with van der Waals surface area (Å²) in [6.45, 7) is 5.44. The van der Waals surface area contributed by atoms with Gasteiger partial charge in [-0.1, -0.05) is 38.1 Å². The van der Waals surface area contributed by atoms with Gasteiger partial charge >= 0.3 is 5.97 Å². The third-order valence-electron chi connectivity index (χ3n) is 7.58. The van der Waals surface area contributed by atoms with Crippen molar-refractivity contribution in [2.24, 2.45) is 5.41 Å². The molecule has 5 rings (SSSR count). The monoisotopic (exact) mass is 432 g/mol. The van der Waals surface area contributed by atoms with Gasteiger partial charge in [0.25, 0.3) is 0 Å². The van der Waals surface area contributed by atoms with E-state index in [1.807, 2.05) is 12.1 Å². The largest absolute Gasteiger partial charge is 0.478 e. The van der Waals surface area contributed by atoms with Crippen molar-refractivity contribution in [3.8, 4) is 11.3 Å². The Morgan fingerprint density at radius 1 is 1.16 bits per heavy atom. The van der Waals surface area contributed by atoms with Gasteiger partial charge in [0.2, 0.25) is 0 Å². The maximum atomic E-state index is 14.3. The first-order chi connectivity index (χ1) is 15.3. The van der Waals surface area contributed by atoms with Crippen molar-refractivity contribution in [2.75, 3.05) is 6.61 Å². The van der Waals surface area contributed by atoms with Crippen LogP contribution >= 0.6 is 0 Å². The standard InChI is InChI=1S/C26H25FN2O3/c1-25(2)20-11-12-26(25,15-32-14-16-7-9-17(10-8-16)24(30)31)23-19(20)13-22(28-29-23)18-5-3-4-6-21(18)27/h3-10,13,20H,11-12,14-15H2,1-2H3,(H,30,31). The highest BCUT2D eigenvalue weighted by Gasteiger charge is 2.63. The highest BCUT2D eigenvalue weighted by atomic mass is 19.1. The summed E-state index contributed by atoms with van der Waals surface area (Å²) in [5.74, 6) is -0.904. The molecule has 32 heavy (non-hydrogen) atoms. The molecule has 3 aromatic rings. The van der Waals surface area contributed by atoms with E-state index in [0.29, 0.717) is 30.4 Å². The Balaban J connectivity index is 1.41. The third-order valence-corrected chi connectivity index (χ3v) is 7.58. The van der Waals surface area contributed by atoms with Gasteiger partial charge < -0.3 is 9.84 Å². The summed E-state index contributed by atoms with van der Waals surface area (Å²) in [7, 11) is 0. The molecule has 0 amide bonds. The average molecular weight is 432 g/mol. The van der Waals surface area contributed by atoms with Gasteiger partial charge in [-0.3, -0.25) is 0 Å². The minimum atomic E-state index is -0.939. The van der Waals surface area contributed by atoms with Crippen molar-refractivity contribution in [1.82, 2.24) is 10.2 Å². The summed E-state index contributed by atoms with van der Waals surface area (Å²) in [5.41, 5.74) is 4.07. The zero-order valence-corrected chi connectivity index (χ0v) is 18.1. The van der Waals surface area contributed by atoms with Gasteiger partial charge in [0.1, 0.15) is 5.82 Å². The van der Waals surface area contributed by atoms with Crippen LogP contribution in [0.4, 0.5) is 4.39 Å². The molecule has 2 aliphatic rings.